The van der Waals surface area contributed by atoms with Crippen molar-refractivity contribution >= 4 is 34.7 Å². The lowest BCUT2D eigenvalue weighted by Gasteiger charge is -2.28. The summed E-state index contributed by atoms with van der Waals surface area (Å²) in [6.07, 6.45) is 1.75. The van der Waals surface area contributed by atoms with Gasteiger partial charge in [-0.3, -0.25) is 9.59 Å². The van der Waals surface area contributed by atoms with E-state index in [4.69, 9.17) is 0 Å². The number of rotatable bonds is 2. The monoisotopic (exact) mass is 409 g/mol. The summed E-state index contributed by atoms with van der Waals surface area (Å²) >= 11 is 0.938. The predicted molar refractivity (Wildman–Crippen MR) is 120 cm³/mol. The van der Waals surface area contributed by atoms with Crippen molar-refractivity contribution in [2.45, 2.75) is 52.4 Å². The normalized spacial score (nSPS) is 16.8. The van der Waals surface area contributed by atoms with E-state index < -0.39 is 0 Å². The second-order valence-corrected chi connectivity index (χ2v) is 10.3. The third-order valence-corrected chi connectivity index (χ3v) is 5.72. The highest BCUT2D eigenvalue weighted by atomic mass is 32.2. The Kier molecular flexibility index (Phi) is 5.39. The second-order valence-electron chi connectivity index (χ2n) is 9.32. The van der Waals surface area contributed by atoms with Crippen LogP contribution in [-0.2, 0) is 15.6 Å². The maximum Gasteiger partial charge on any atom is 0.298 e. The number of phenols is 1. The molecule has 0 spiro atoms. The highest BCUT2D eigenvalue weighted by molar-refractivity contribution is 8.19. The van der Waals surface area contributed by atoms with Gasteiger partial charge in [-0.1, -0.05) is 59.7 Å². The number of anilines is 1. The SMILES string of the molecule is CC(C)(C)c1cc(C=C2SC(=O)N(c3ccccc3)C2=O)cc(C(C)(C)C)c1O. The number of carbonyl (C=O) groups is 2. The van der Waals surface area contributed by atoms with Gasteiger partial charge in [0.2, 0.25) is 0 Å². The number of benzene rings is 2. The van der Waals surface area contributed by atoms with Crippen LogP contribution in [0.4, 0.5) is 10.5 Å². The number of nitrogens with zero attached hydrogens (tertiary/aromatic N) is 1. The first-order valence-corrected chi connectivity index (χ1v) is 10.4. The van der Waals surface area contributed by atoms with E-state index in [0.717, 1.165) is 28.5 Å². The number of hydrogen-bond acceptors (Lipinski definition) is 4. The minimum atomic E-state index is -0.325. The van der Waals surface area contributed by atoms with E-state index in [1.165, 1.54) is 4.90 Å². The lowest BCUT2D eigenvalue weighted by Crippen LogP contribution is -2.27. The van der Waals surface area contributed by atoms with E-state index >= 15 is 0 Å². The molecule has 152 valence electrons. The molecule has 2 aromatic rings. The fourth-order valence-corrected chi connectivity index (χ4v) is 4.14. The van der Waals surface area contributed by atoms with E-state index in [-0.39, 0.29) is 22.0 Å². The summed E-state index contributed by atoms with van der Waals surface area (Å²) in [5.74, 6) is -0.0339. The Balaban J connectivity index is 2.09. The van der Waals surface area contributed by atoms with Crippen molar-refractivity contribution < 1.29 is 14.7 Å². The van der Waals surface area contributed by atoms with Gasteiger partial charge < -0.3 is 5.11 Å². The molecule has 1 aliphatic heterocycles. The minimum absolute atomic E-state index is 0.267. The van der Waals surface area contributed by atoms with Crippen LogP contribution in [0.5, 0.6) is 5.75 Å². The smallest absolute Gasteiger partial charge is 0.298 e. The average molecular weight is 410 g/mol. The van der Waals surface area contributed by atoms with Crippen molar-refractivity contribution in [2.75, 3.05) is 4.90 Å². The molecule has 0 atom stereocenters. The zero-order chi connectivity index (χ0) is 21.6. The standard InChI is InChI=1S/C24H27NO3S/c1-23(2,3)17-12-15(13-18(20(17)26)24(4,5)6)14-19-21(27)25(22(28)29-19)16-10-8-7-9-11-16/h7-14,26H,1-6H3. The molecule has 4 nitrogen and oxygen atoms in total. The molecule has 0 aromatic heterocycles. The van der Waals surface area contributed by atoms with Gasteiger partial charge in [0.25, 0.3) is 11.1 Å². The largest absolute Gasteiger partial charge is 0.507 e. The molecule has 0 saturated carbocycles. The third-order valence-electron chi connectivity index (χ3n) is 4.85. The van der Waals surface area contributed by atoms with Crippen LogP contribution in [-0.4, -0.2) is 16.3 Å². The van der Waals surface area contributed by atoms with Gasteiger partial charge in [-0.25, -0.2) is 4.90 Å². The fraction of sp³-hybridized carbons (Fsp3) is 0.333. The lowest BCUT2D eigenvalue weighted by atomic mass is 9.78. The maximum atomic E-state index is 12.9. The molecule has 0 aliphatic carbocycles. The van der Waals surface area contributed by atoms with Crippen molar-refractivity contribution in [3.05, 3.63) is 64.1 Å². The van der Waals surface area contributed by atoms with Crippen molar-refractivity contribution in [3.8, 4) is 5.75 Å². The minimum Gasteiger partial charge on any atom is -0.507 e. The van der Waals surface area contributed by atoms with Gasteiger partial charge in [0, 0.05) is 11.1 Å². The number of carbonyl (C=O) groups excluding carboxylic acids is 2. The zero-order valence-electron chi connectivity index (χ0n) is 17.7. The Hall–Kier alpha value is -2.53. The number of amides is 2. The first kappa shape index (κ1) is 21.2. The van der Waals surface area contributed by atoms with E-state index in [9.17, 15) is 14.7 Å². The first-order chi connectivity index (χ1) is 13.4. The van der Waals surface area contributed by atoms with Gasteiger partial charge >= 0.3 is 0 Å². The van der Waals surface area contributed by atoms with Gasteiger partial charge in [0.1, 0.15) is 5.75 Å². The Morgan fingerprint density at radius 2 is 1.41 bits per heavy atom. The molecule has 5 heteroatoms. The van der Waals surface area contributed by atoms with Gasteiger partial charge in [0.05, 0.1) is 10.6 Å². The number of hydrogen-bond donors (Lipinski definition) is 1. The quantitative estimate of drug-likeness (QED) is 0.598. The molecule has 1 fully saturated rings. The molecule has 2 amide bonds. The van der Waals surface area contributed by atoms with Crippen LogP contribution in [0, 0.1) is 0 Å². The highest BCUT2D eigenvalue weighted by Crippen LogP contribution is 2.41. The molecule has 29 heavy (non-hydrogen) atoms. The van der Waals surface area contributed by atoms with E-state index in [2.05, 4.69) is 0 Å². The first-order valence-electron chi connectivity index (χ1n) is 9.60. The number of phenolic OH excluding ortho intramolecular Hbond substituents is 1. The third kappa shape index (κ3) is 4.25. The summed E-state index contributed by atoms with van der Waals surface area (Å²) in [7, 11) is 0. The van der Waals surface area contributed by atoms with Crippen LogP contribution < -0.4 is 4.90 Å². The molecule has 0 radical (unpaired) electrons. The molecule has 2 aromatic carbocycles. The number of imide groups is 1. The highest BCUT2D eigenvalue weighted by Gasteiger charge is 2.36. The van der Waals surface area contributed by atoms with Crippen LogP contribution in [0.15, 0.2) is 47.4 Å². The Morgan fingerprint density at radius 3 is 1.90 bits per heavy atom. The van der Waals surface area contributed by atoms with Crippen LogP contribution in [0.1, 0.15) is 58.2 Å². The Bertz CT molecular complexity index is 960. The van der Waals surface area contributed by atoms with Crippen molar-refractivity contribution in [1.82, 2.24) is 0 Å². The van der Waals surface area contributed by atoms with Crippen molar-refractivity contribution in [2.24, 2.45) is 0 Å². The predicted octanol–water partition coefficient (Wildman–Crippen LogP) is 6.23. The fourth-order valence-electron chi connectivity index (χ4n) is 3.30. The lowest BCUT2D eigenvalue weighted by molar-refractivity contribution is -0.113. The molecular formula is C24H27NO3S. The summed E-state index contributed by atoms with van der Waals surface area (Å²) < 4.78 is 0. The molecule has 1 heterocycles. The van der Waals surface area contributed by atoms with Crippen LogP contribution in [0.2, 0.25) is 0 Å². The maximum absolute atomic E-state index is 12.9. The molecular weight excluding hydrogens is 382 g/mol. The number of aromatic hydroxyl groups is 1. The van der Waals surface area contributed by atoms with E-state index in [1.54, 1.807) is 30.3 Å². The molecule has 1 saturated heterocycles. The average Bonchev–Trinajstić information content (AvgIpc) is 2.88. The van der Waals surface area contributed by atoms with Gasteiger partial charge in [0.15, 0.2) is 0 Å². The summed E-state index contributed by atoms with van der Waals surface area (Å²) in [5.41, 5.74) is 2.47. The zero-order valence-corrected chi connectivity index (χ0v) is 18.6. The number of thioether (sulfide) groups is 1. The second kappa shape index (κ2) is 7.38. The van der Waals surface area contributed by atoms with Gasteiger partial charge in [-0.05, 0) is 58.5 Å². The number of para-hydroxylation sites is 1. The van der Waals surface area contributed by atoms with Crippen LogP contribution >= 0.6 is 11.8 Å². The van der Waals surface area contributed by atoms with Crippen molar-refractivity contribution in [3.63, 3.8) is 0 Å². The molecule has 0 bridgehead atoms. The molecule has 1 N–H and O–H groups in total. The topological polar surface area (TPSA) is 57.6 Å². The molecule has 3 rings (SSSR count). The van der Waals surface area contributed by atoms with Crippen molar-refractivity contribution in [1.29, 1.82) is 0 Å². The Labute approximate surface area is 176 Å². The summed E-state index contributed by atoms with van der Waals surface area (Å²) in [4.78, 5) is 27.0. The van der Waals surface area contributed by atoms with Gasteiger partial charge in [-0.2, -0.15) is 0 Å². The Morgan fingerprint density at radius 1 is 0.897 bits per heavy atom. The van der Waals surface area contributed by atoms with E-state index in [1.807, 2.05) is 59.7 Å². The van der Waals surface area contributed by atoms with Gasteiger partial charge in [-0.15, -0.1) is 0 Å². The summed E-state index contributed by atoms with van der Waals surface area (Å²) in [6.45, 7) is 12.3. The van der Waals surface area contributed by atoms with E-state index in [0.29, 0.717) is 16.3 Å². The van der Waals surface area contributed by atoms with Crippen LogP contribution in [0.3, 0.4) is 0 Å². The summed E-state index contributed by atoms with van der Waals surface area (Å²) in [5, 5.41) is 10.6. The molecule has 0 unspecified atom stereocenters. The van der Waals surface area contributed by atoms with Crippen LogP contribution in [0.25, 0.3) is 6.08 Å². The molecule has 1 aliphatic rings. The summed E-state index contributed by atoms with van der Waals surface area (Å²) in [6, 6.07) is 12.7.